The molecule has 0 saturated heterocycles. The molecule has 0 bridgehead atoms. The average molecular weight is 390 g/mol. The second-order valence-electron chi connectivity index (χ2n) is 6.66. The zero-order chi connectivity index (χ0) is 19.2. The minimum atomic E-state index is 0.108. The highest BCUT2D eigenvalue weighted by molar-refractivity contribution is 7.10. The predicted molar refractivity (Wildman–Crippen MR) is 113 cm³/mol. The van der Waals surface area contributed by atoms with Crippen molar-refractivity contribution >= 4 is 11.3 Å². The lowest BCUT2D eigenvalue weighted by atomic mass is 10.0. The van der Waals surface area contributed by atoms with E-state index in [4.69, 9.17) is 0 Å². The Morgan fingerprint density at radius 3 is 2.54 bits per heavy atom. The summed E-state index contributed by atoms with van der Waals surface area (Å²) in [7, 11) is 0. The summed E-state index contributed by atoms with van der Waals surface area (Å²) in [4.78, 5) is 1.28. The molecule has 142 valence electrons. The quantitative estimate of drug-likeness (QED) is 0.480. The molecule has 0 aliphatic carbocycles. The monoisotopic (exact) mass is 389 g/mol. The molecule has 6 heteroatoms. The van der Waals surface area contributed by atoms with Crippen molar-refractivity contribution in [2.75, 3.05) is 0 Å². The van der Waals surface area contributed by atoms with Crippen LogP contribution in [0.3, 0.4) is 0 Å². The Labute approximate surface area is 169 Å². The van der Waals surface area contributed by atoms with Crippen LogP contribution in [0, 0.1) is 0 Å². The number of aryl methyl sites for hydroxylation is 1. The summed E-state index contributed by atoms with van der Waals surface area (Å²) in [5.41, 5.74) is 3.59. The third-order valence-electron chi connectivity index (χ3n) is 4.68. The first-order chi connectivity index (χ1) is 13.8. The highest BCUT2D eigenvalue weighted by Crippen LogP contribution is 2.27. The lowest BCUT2D eigenvalue weighted by Gasteiger charge is -2.18. The average Bonchev–Trinajstić information content (AvgIpc) is 3.43. The molecule has 0 spiro atoms. The highest BCUT2D eigenvalue weighted by atomic mass is 32.1. The topological polar surface area (TPSA) is 55.6 Å². The van der Waals surface area contributed by atoms with E-state index in [0.717, 1.165) is 24.4 Å². The fourth-order valence-corrected chi connectivity index (χ4v) is 4.11. The number of thiophene rings is 1. The highest BCUT2D eigenvalue weighted by Gasteiger charge is 2.17. The van der Waals surface area contributed by atoms with Gasteiger partial charge in [0.2, 0.25) is 0 Å². The van der Waals surface area contributed by atoms with E-state index in [1.165, 1.54) is 16.0 Å². The molecule has 0 radical (unpaired) electrons. The van der Waals surface area contributed by atoms with Gasteiger partial charge >= 0.3 is 0 Å². The van der Waals surface area contributed by atoms with Crippen molar-refractivity contribution in [3.05, 3.63) is 93.9 Å². The molecule has 4 rings (SSSR count). The number of rotatable bonds is 8. The van der Waals surface area contributed by atoms with Crippen LogP contribution in [0.15, 0.2) is 72.1 Å². The number of para-hydroxylation sites is 1. The summed E-state index contributed by atoms with van der Waals surface area (Å²) >= 11 is 1.76. The maximum atomic E-state index is 4.22. The molecular formula is C22H23N5S. The molecule has 28 heavy (non-hydrogen) atoms. The van der Waals surface area contributed by atoms with E-state index in [1.807, 2.05) is 30.3 Å². The van der Waals surface area contributed by atoms with E-state index in [1.54, 1.807) is 16.0 Å². The lowest BCUT2D eigenvalue weighted by molar-refractivity contribution is 0.582. The Hall–Kier alpha value is -2.83. The fraction of sp³-hybridized carbons (Fsp3) is 0.227. The molecule has 2 aromatic carbocycles. The molecule has 0 aliphatic rings. The van der Waals surface area contributed by atoms with Crippen LogP contribution >= 0.6 is 11.3 Å². The van der Waals surface area contributed by atoms with Crippen LogP contribution in [0.25, 0.3) is 5.69 Å². The van der Waals surface area contributed by atoms with Gasteiger partial charge in [-0.1, -0.05) is 61.9 Å². The first-order valence-corrected chi connectivity index (χ1v) is 10.4. The summed E-state index contributed by atoms with van der Waals surface area (Å²) < 4.78 is 1.78. The molecule has 1 N–H and O–H groups in total. The third-order valence-corrected chi connectivity index (χ3v) is 5.62. The Kier molecular flexibility index (Phi) is 5.89. The first kappa shape index (κ1) is 18.5. The third kappa shape index (κ3) is 4.18. The smallest absolute Gasteiger partial charge is 0.170 e. The zero-order valence-corrected chi connectivity index (χ0v) is 16.6. The second-order valence-corrected chi connectivity index (χ2v) is 7.64. The van der Waals surface area contributed by atoms with Crippen LogP contribution in [0.4, 0.5) is 0 Å². The van der Waals surface area contributed by atoms with Gasteiger partial charge < -0.3 is 0 Å². The summed E-state index contributed by atoms with van der Waals surface area (Å²) in [5, 5.41) is 18.0. The number of nitrogens with one attached hydrogen (secondary N) is 1. The Morgan fingerprint density at radius 1 is 1.00 bits per heavy atom. The van der Waals surface area contributed by atoms with Gasteiger partial charge in [-0.15, -0.1) is 16.4 Å². The minimum Gasteiger partial charge on any atom is -0.298 e. The molecule has 5 nitrogen and oxygen atoms in total. The second kappa shape index (κ2) is 8.91. The van der Waals surface area contributed by atoms with E-state index >= 15 is 0 Å². The van der Waals surface area contributed by atoms with E-state index in [9.17, 15) is 0 Å². The Balaban J connectivity index is 1.56. The lowest BCUT2D eigenvalue weighted by Crippen LogP contribution is -2.23. The molecule has 2 aromatic heterocycles. The van der Waals surface area contributed by atoms with E-state index in [2.05, 4.69) is 69.5 Å². The molecule has 4 aromatic rings. The molecule has 0 fully saturated rings. The van der Waals surface area contributed by atoms with Crippen LogP contribution in [-0.2, 0) is 13.0 Å². The number of tetrazole rings is 1. The number of hydrogen-bond acceptors (Lipinski definition) is 5. The number of aromatic nitrogens is 4. The van der Waals surface area contributed by atoms with Crippen molar-refractivity contribution in [1.29, 1.82) is 0 Å². The minimum absolute atomic E-state index is 0.108. The van der Waals surface area contributed by atoms with Crippen LogP contribution in [-0.4, -0.2) is 20.2 Å². The van der Waals surface area contributed by atoms with Gasteiger partial charge in [0, 0.05) is 4.88 Å². The van der Waals surface area contributed by atoms with E-state index < -0.39 is 0 Å². The summed E-state index contributed by atoms with van der Waals surface area (Å²) in [6, 6.07) is 23.2. The molecule has 0 aliphatic heterocycles. The van der Waals surface area contributed by atoms with Gasteiger partial charge in [-0.2, -0.15) is 4.68 Å². The van der Waals surface area contributed by atoms with Crippen molar-refractivity contribution in [3.8, 4) is 5.69 Å². The fourth-order valence-electron chi connectivity index (χ4n) is 3.28. The molecular weight excluding hydrogens is 366 g/mol. The van der Waals surface area contributed by atoms with Gasteiger partial charge in [-0.25, -0.2) is 0 Å². The van der Waals surface area contributed by atoms with Crippen LogP contribution < -0.4 is 5.32 Å². The summed E-state index contributed by atoms with van der Waals surface area (Å²) in [6.07, 6.45) is 2.28. The Bertz CT molecular complexity index is 977. The van der Waals surface area contributed by atoms with Gasteiger partial charge in [-0.3, -0.25) is 5.32 Å². The van der Waals surface area contributed by atoms with E-state index in [-0.39, 0.29) is 6.04 Å². The van der Waals surface area contributed by atoms with Gasteiger partial charge in [0.1, 0.15) is 0 Å². The zero-order valence-electron chi connectivity index (χ0n) is 15.8. The summed E-state index contributed by atoms with van der Waals surface area (Å²) in [5.74, 6) is 0.787. The van der Waals surface area contributed by atoms with Crippen molar-refractivity contribution in [1.82, 2.24) is 25.5 Å². The molecule has 2 heterocycles. The van der Waals surface area contributed by atoms with Crippen LogP contribution in [0.2, 0.25) is 0 Å². The van der Waals surface area contributed by atoms with Crippen LogP contribution in [0.1, 0.15) is 41.2 Å². The van der Waals surface area contributed by atoms with Crippen molar-refractivity contribution in [2.24, 2.45) is 0 Å². The van der Waals surface area contributed by atoms with Gasteiger partial charge in [-0.05, 0) is 51.6 Å². The predicted octanol–water partition coefficient (Wildman–Crippen LogP) is 4.56. The normalized spacial score (nSPS) is 12.2. The summed E-state index contributed by atoms with van der Waals surface area (Å²) in [6.45, 7) is 2.78. The Morgan fingerprint density at radius 2 is 1.82 bits per heavy atom. The molecule has 0 unspecified atom stereocenters. The van der Waals surface area contributed by atoms with Gasteiger partial charge in [0.05, 0.1) is 18.3 Å². The van der Waals surface area contributed by atoms with Crippen molar-refractivity contribution < 1.29 is 0 Å². The molecule has 1 atom stereocenters. The van der Waals surface area contributed by atoms with Crippen LogP contribution in [0.5, 0.6) is 0 Å². The molecule has 0 amide bonds. The van der Waals surface area contributed by atoms with Gasteiger partial charge in [0.25, 0.3) is 0 Å². The maximum Gasteiger partial charge on any atom is 0.170 e. The largest absolute Gasteiger partial charge is 0.298 e. The molecule has 0 saturated carbocycles. The number of benzene rings is 2. The number of hydrogen-bond donors (Lipinski definition) is 1. The standard InChI is InChI=1S/C22H23N5S/c1-2-7-17-11-13-18(14-12-17)22(20-10-6-15-28-20)23-16-21-24-25-26-27(21)19-8-4-3-5-9-19/h3-6,8-15,22-23H,2,7,16H2,1H3/t22-/m0/s1. The van der Waals surface area contributed by atoms with E-state index in [0.29, 0.717) is 6.54 Å². The van der Waals surface area contributed by atoms with Gasteiger partial charge in [0.15, 0.2) is 5.82 Å². The SMILES string of the molecule is CCCc1ccc([C@H](NCc2nnnn2-c2ccccc2)c2cccs2)cc1. The first-order valence-electron chi connectivity index (χ1n) is 9.53. The number of nitrogens with zero attached hydrogens (tertiary/aromatic N) is 4. The maximum absolute atomic E-state index is 4.22. The van der Waals surface area contributed by atoms with Crippen molar-refractivity contribution in [3.63, 3.8) is 0 Å². The van der Waals surface area contributed by atoms with Crippen molar-refractivity contribution in [2.45, 2.75) is 32.4 Å².